The molecule has 2 aromatic rings. The highest BCUT2D eigenvalue weighted by Gasteiger charge is 2.17. The Morgan fingerprint density at radius 3 is 2.29 bits per heavy atom. The highest BCUT2D eigenvalue weighted by Crippen LogP contribution is 2.23. The minimum atomic E-state index is -1.44. The molecule has 0 aliphatic carbocycles. The van der Waals surface area contributed by atoms with Gasteiger partial charge in [-0.05, 0) is 36.0 Å². The summed E-state index contributed by atoms with van der Waals surface area (Å²) in [6.45, 7) is 4.05. The molecule has 2 nitrogen and oxygen atoms in total. The Kier molecular flexibility index (Phi) is 3.32. The van der Waals surface area contributed by atoms with Crippen LogP contribution in [0.4, 0.5) is 0 Å². The normalized spacial score (nSPS) is 10.4. The molecule has 0 radical (unpaired) electrons. The van der Waals surface area contributed by atoms with Gasteiger partial charge in [0.1, 0.15) is 0 Å². The molecule has 0 saturated heterocycles. The first-order valence-corrected chi connectivity index (χ1v) is 5.62. The van der Waals surface area contributed by atoms with Crippen molar-refractivity contribution in [2.75, 3.05) is 0 Å². The third-order valence-corrected chi connectivity index (χ3v) is 2.92. The van der Waals surface area contributed by atoms with E-state index in [1.165, 1.54) is 0 Å². The second-order valence-corrected chi connectivity index (χ2v) is 4.28. The molecule has 2 rings (SSSR count). The predicted octanol–water partition coefficient (Wildman–Crippen LogP) is 1.65. The van der Waals surface area contributed by atoms with Crippen molar-refractivity contribution in [1.29, 1.82) is 0 Å². The Hall–Kier alpha value is -1.58. The molecule has 0 saturated carbocycles. The molecule has 0 atom stereocenters. The minimum Gasteiger partial charge on any atom is -0.423 e. The highest BCUT2D eigenvalue weighted by molar-refractivity contribution is 6.60. The average Bonchev–Trinajstić information content (AvgIpc) is 2.32. The Morgan fingerprint density at radius 2 is 1.59 bits per heavy atom. The van der Waals surface area contributed by atoms with E-state index in [1.807, 2.05) is 38.1 Å². The lowest BCUT2D eigenvalue weighted by molar-refractivity contribution is 0.426. The van der Waals surface area contributed by atoms with Gasteiger partial charge in [0.15, 0.2) is 0 Å². The lowest BCUT2D eigenvalue weighted by atomic mass is 9.75. The summed E-state index contributed by atoms with van der Waals surface area (Å²) in [6, 6.07) is 13.5. The minimum absolute atomic E-state index is 0.543. The summed E-state index contributed by atoms with van der Waals surface area (Å²) in [5.41, 5.74) is 4.76. The van der Waals surface area contributed by atoms with Gasteiger partial charge in [0, 0.05) is 0 Å². The second-order valence-electron chi connectivity index (χ2n) is 4.28. The number of hydrogen-bond donors (Lipinski definition) is 2. The van der Waals surface area contributed by atoms with Crippen molar-refractivity contribution >= 4 is 12.6 Å². The van der Waals surface area contributed by atoms with E-state index >= 15 is 0 Å². The van der Waals surface area contributed by atoms with Gasteiger partial charge in [-0.2, -0.15) is 0 Å². The van der Waals surface area contributed by atoms with Crippen LogP contribution < -0.4 is 5.46 Å². The molecule has 2 N–H and O–H groups in total. The van der Waals surface area contributed by atoms with E-state index in [0.29, 0.717) is 5.46 Å². The van der Waals surface area contributed by atoms with E-state index in [4.69, 9.17) is 0 Å². The zero-order chi connectivity index (χ0) is 12.4. The SMILES string of the molecule is Cc1ccc(C)c(-c2ccccc2B(O)O)c1. The van der Waals surface area contributed by atoms with Crippen LogP contribution in [0.3, 0.4) is 0 Å². The summed E-state index contributed by atoms with van der Waals surface area (Å²) >= 11 is 0. The Morgan fingerprint density at radius 1 is 0.882 bits per heavy atom. The van der Waals surface area contributed by atoms with Crippen LogP contribution in [0.1, 0.15) is 11.1 Å². The molecule has 0 aliphatic heterocycles. The molecule has 3 heteroatoms. The maximum absolute atomic E-state index is 9.38. The average molecular weight is 226 g/mol. The zero-order valence-corrected chi connectivity index (χ0v) is 10.0. The van der Waals surface area contributed by atoms with Crippen molar-refractivity contribution in [3.8, 4) is 11.1 Å². The van der Waals surface area contributed by atoms with Crippen molar-refractivity contribution in [1.82, 2.24) is 0 Å². The Bertz CT molecular complexity index is 535. The number of rotatable bonds is 2. The molecule has 17 heavy (non-hydrogen) atoms. The molecule has 0 aromatic heterocycles. The first-order valence-electron chi connectivity index (χ1n) is 5.62. The molecule has 0 spiro atoms. The fourth-order valence-electron chi connectivity index (χ4n) is 1.99. The van der Waals surface area contributed by atoms with Crippen LogP contribution in [0.15, 0.2) is 42.5 Å². The maximum atomic E-state index is 9.38. The van der Waals surface area contributed by atoms with Gasteiger partial charge in [-0.25, -0.2) is 0 Å². The summed E-state index contributed by atoms with van der Waals surface area (Å²) in [6.07, 6.45) is 0. The van der Waals surface area contributed by atoms with Gasteiger partial charge in [0.05, 0.1) is 0 Å². The van der Waals surface area contributed by atoms with E-state index in [2.05, 4.69) is 12.1 Å². The molecule has 0 aliphatic rings. The van der Waals surface area contributed by atoms with Crippen LogP contribution in [0, 0.1) is 13.8 Å². The number of aryl methyl sites for hydroxylation is 2. The third kappa shape index (κ3) is 2.41. The van der Waals surface area contributed by atoms with E-state index in [-0.39, 0.29) is 0 Å². The maximum Gasteiger partial charge on any atom is 0.489 e. The molecule has 86 valence electrons. The van der Waals surface area contributed by atoms with Gasteiger partial charge in [-0.1, -0.05) is 48.0 Å². The van der Waals surface area contributed by atoms with Gasteiger partial charge in [-0.15, -0.1) is 0 Å². The molecule has 0 amide bonds. The van der Waals surface area contributed by atoms with Crippen molar-refractivity contribution in [2.45, 2.75) is 13.8 Å². The van der Waals surface area contributed by atoms with Crippen LogP contribution in [0.2, 0.25) is 0 Å². The Balaban J connectivity index is 2.64. The Labute approximate surface area is 102 Å². The first kappa shape index (κ1) is 11.9. The third-order valence-electron chi connectivity index (χ3n) is 2.92. The molecule has 2 aromatic carbocycles. The van der Waals surface area contributed by atoms with Crippen LogP contribution in [0.25, 0.3) is 11.1 Å². The first-order chi connectivity index (χ1) is 8.09. The number of benzene rings is 2. The molecule has 0 unspecified atom stereocenters. The van der Waals surface area contributed by atoms with Crippen LogP contribution in [0.5, 0.6) is 0 Å². The summed E-state index contributed by atoms with van der Waals surface area (Å²) in [7, 11) is -1.44. The van der Waals surface area contributed by atoms with Crippen molar-refractivity contribution in [3.63, 3.8) is 0 Å². The quantitative estimate of drug-likeness (QED) is 0.764. The van der Waals surface area contributed by atoms with Crippen molar-refractivity contribution < 1.29 is 10.0 Å². The van der Waals surface area contributed by atoms with Crippen molar-refractivity contribution in [2.24, 2.45) is 0 Å². The van der Waals surface area contributed by atoms with Crippen LogP contribution in [-0.4, -0.2) is 17.2 Å². The fraction of sp³-hybridized carbons (Fsp3) is 0.143. The molecule has 0 heterocycles. The molecule has 0 fully saturated rings. The highest BCUT2D eigenvalue weighted by atomic mass is 16.4. The topological polar surface area (TPSA) is 40.5 Å². The fourth-order valence-corrected chi connectivity index (χ4v) is 1.99. The standard InChI is InChI=1S/C14H15BO2/c1-10-7-8-11(2)13(9-10)12-5-3-4-6-14(12)15(16)17/h3-9,16-17H,1-2H3. The zero-order valence-electron chi connectivity index (χ0n) is 10.0. The van der Waals surface area contributed by atoms with E-state index < -0.39 is 7.12 Å². The number of hydrogen-bond acceptors (Lipinski definition) is 2. The largest absolute Gasteiger partial charge is 0.489 e. The molecule has 0 bridgehead atoms. The van der Waals surface area contributed by atoms with E-state index in [0.717, 1.165) is 22.3 Å². The van der Waals surface area contributed by atoms with Crippen LogP contribution >= 0.6 is 0 Å². The monoisotopic (exact) mass is 226 g/mol. The summed E-state index contributed by atoms with van der Waals surface area (Å²) < 4.78 is 0. The lowest BCUT2D eigenvalue weighted by Crippen LogP contribution is -2.31. The van der Waals surface area contributed by atoms with Crippen molar-refractivity contribution in [3.05, 3.63) is 53.6 Å². The second kappa shape index (κ2) is 4.74. The van der Waals surface area contributed by atoms with Gasteiger partial charge in [0.25, 0.3) is 0 Å². The smallest absolute Gasteiger partial charge is 0.423 e. The summed E-state index contributed by atoms with van der Waals surface area (Å²) in [5.74, 6) is 0. The summed E-state index contributed by atoms with van der Waals surface area (Å²) in [4.78, 5) is 0. The van der Waals surface area contributed by atoms with E-state index in [9.17, 15) is 10.0 Å². The van der Waals surface area contributed by atoms with Crippen LogP contribution in [-0.2, 0) is 0 Å². The van der Waals surface area contributed by atoms with Gasteiger partial charge < -0.3 is 10.0 Å². The van der Waals surface area contributed by atoms with Gasteiger partial charge in [-0.3, -0.25) is 0 Å². The summed E-state index contributed by atoms with van der Waals surface area (Å²) in [5, 5.41) is 18.8. The van der Waals surface area contributed by atoms with Gasteiger partial charge in [0.2, 0.25) is 0 Å². The lowest BCUT2D eigenvalue weighted by Gasteiger charge is -2.12. The molecular weight excluding hydrogens is 211 g/mol. The van der Waals surface area contributed by atoms with Gasteiger partial charge >= 0.3 is 7.12 Å². The van der Waals surface area contributed by atoms with E-state index in [1.54, 1.807) is 6.07 Å². The molecular formula is C14H15BO2. The predicted molar refractivity (Wildman–Crippen MR) is 71.2 cm³/mol.